The van der Waals surface area contributed by atoms with Crippen LogP contribution in [-0.4, -0.2) is 9.97 Å². The lowest BCUT2D eigenvalue weighted by atomic mass is 10.1. The minimum absolute atomic E-state index is 0.121. The molecule has 1 N–H and O–H groups in total. The molecule has 0 spiro atoms. The number of hydrogen-bond donors (Lipinski definition) is 1. The summed E-state index contributed by atoms with van der Waals surface area (Å²) in [5.74, 6) is 0.581. The minimum atomic E-state index is -0.121. The van der Waals surface area contributed by atoms with Crippen LogP contribution < -0.4 is 10.5 Å². The Morgan fingerprint density at radius 1 is 0.656 bits per heavy atom. The van der Waals surface area contributed by atoms with Crippen LogP contribution in [0.15, 0.2) is 114 Å². The van der Waals surface area contributed by atoms with Crippen LogP contribution in [0, 0.1) is 0 Å². The molecule has 0 atom stereocenters. The predicted molar refractivity (Wildman–Crippen MR) is 131 cm³/mol. The van der Waals surface area contributed by atoms with Gasteiger partial charge in [-0.3, -0.25) is 4.79 Å². The van der Waals surface area contributed by atoms with Crippen molar-refractivity contribution in [2.75, 3.05) is 4.90 Å². The highest BCUT2D eigenvalue weighted by molar-refractivity contribution is 5.79. The van der Waals surface area contributed by atoms with Crippen molar-refractivity contribution >= 4 is 16.6 Å². The van der Waals surface area contributed by atoms with Gasteiger partial charge in [0.2, 0.25) is 0 Å². The van der Waals surface area contributed by atoms with Crippen LogP contribution in [-0.2, 0) is 13.1 Å². The fraction of sp³-hybridized carbons (Fsp3) is 0.0714. The molecular formula is C28H23N3O. The van der Waals surface area contributed by atoms with E-state index in [4.69, 9.17) is 0 Å². The molecule has 32 heavy (non-hydrogen) atoms. The SMILES string of the molecule is O=c1[nH]c(-c2ccc(N(Cc3ccccc3)Cc3ccccc3)cc2)nc2ccccc12. The lowest BCUT2D eigenvalue weighted by molar-refractivity contribution is 0.800. The molecule has 5 rings (SSSR count). The van der Waals surface area contributed by atoms with Gasteiger partial charge in [-0.15, -0.1) is 0 Å². The van der Waals surface area contributed by atoms with Crippen molar-refractivity contribution < 1.29 is 0 Å². The van der Waals surface area contributed by atoms with Crippen molar-refractivity contribution in [1.29, 1.82) is 0 Å². The van der Waals surface area contributed by atoms with Crippen molar-refractivity contribution in [3.05, 3.63) is 131 Å². The zero-order valence-corrected chi connectivity index (χ0v) is 17.6. The molecule has 156 valence electrons. The fourth-order valence-corrected chi connectivity index (χ4v) is 3.90. The van der Waals surface area contributed by atoms with E-state index in [2.05, 4.69) is 75.5 Å². The number of anilines is 1. The first kappa shape index (κ1) is 19.8. The van der Waals surface area contributed by atoms with Crippen LogP contribution in [0.1, 0.15) is 11.1 Å². The molecule has 4 nitrogen and oxygen atoms in total. The van der Waals surface area contributed by atoms with Gasteiger partial charge in [0.05, 0.1) is 10.9 Å². The molecule has 0 unspecified atom stereocenters. The molecule has 0 aliphatic carbocycles. The maximum absolute atomic E-state index is 12.5. The summed E-state index contributed by atoms with van der Waals surface area (Å²) in [6.07, 6.45) is 0. The quantitative estimate of drug-likeness (QED) is 0.380. The standard InChI is InChI=1S/C28H23N3O/c32-28-25-13-7-8-14-26(25)29-27(30-28)23-15-17-24(18-16-23)31(19-21-9-3-1-4-10-21)20-22-11-5-2-6-12-22/h1-18H,19-20H2,(H,29,30,32). The summed E-state index contributed by atoms with van der Waals surface area (Å²) in [5.41, 5.74) is 5.09. The molecule has 0 amide bonds. The third-order valence-corrected chi connectivity index (χ3v) is 5.55. The van der Waals surface area contributed by atoms with E-state index < -0.39 is 0 Å². The Bertz CT molecular complexity index is 1340. The van der Waals surface area contributed by atoms with E-state index in [1.54, 1.807) is 6.07 Å². The summed E-state index contributed by atoms with van der Waals surface area (Å²) in [5, 5.41) is 0.602. The first-order chi connectivity index (χ1) is 15.8. The molecule has 0 aliphatic rings. The molecule has 0 bridgehead atoms. The first-order valence-corrected chi connectivity index (χ1v) is 10.7. The number of aromatic nitrogens is 2. The Labute approximate surface area is 186 Å². The Hall–Kier alpha value is -4.18. The van der Waals surface area contributed by atoms with Crippen LogP contribution in [0.5, 0.6) is 0 Å². The average molecular weight is 418 g/mol. The summed E-state index contributed by atoms with van der Waals surface area (Å²) < 4.78 is 0. The van der Waals surface area contributed by atoms with Gasteiger partial charge in [0.1, 0.15) is 5.82 Å². The normalized spacial score (nSPS) is 10.9. The second-order valence-electron chi connectivity index (χ2n) is 7.81. The van der Waals surface area contributed by atoms with Crippen molar-refractivity contribution in [3.8, 4) is 11.4 Å². The summed E-state index contributed by atoms with van der Waals surface area (Å²) in [7, 11) is 0. The lowest BCUT2D eigenvalue weighted by Gasteiger charge is -2.25. The number of nitrogens with zero attached hydrogens (tertiary/aromatic N) is 2. The second-order valence-corrected chi connectivity index (χ2v) is 7.81. The molecule has 4 heteroatoms. The molecule has 0 radical (unpaired) electrons. The summed E-state index contributed by atoms with van der Waals surface area (Å²) in [6.45, 7) is 1.61. The van der Waals surface area contributed by atoms with Crippen molar-refractivity contribution in [3.63, 3.8) is 0 Å². The minimum Gasteiger partial charge on any atom is -0.363 e. The average Bonchev–Trinajstić information content (AvgIpc) is 2.85. The second kappa shape index (κ2) is 8.90. The highest BCUT2D eigenvalue weighted by Crippen LogP contribution is 2.24. The van der Waals surface area contributed by atoms with Gasteiger partial charge in [-0.25, -0.2) is 4.98 Å². The highest BCUT2D eigenvalue weighted by Gasteiger charge is 2.11. The third-order valence-electron chi connectivity index (χ3n) is 5.55. The molecule has 1 heterocycles. The molecule has 0 saturated carbocycles. The van der Waals surface area contributed by atoms with Gasteiger partial charge in [0.15, 0.2) is 0 Å². The molecule has 5 aromatic rings. The number of aromatic amines is 1. The van der Waals surface area contributed by atoms with E-state index in [9.17, 15) is 4.79 Å². The van der Waals surface area contributed by atoms with Crippen LogP contribution in [0.3, 0.4) is 0 Å². The van der Waals surface area contributed by atoms with Crippen molar-refractivity contribution in [1.82, 2.24) is 9.97 Å². The predicted octanol–water partition coefficient (Wildman–Crippen LogP) is 5.80. The van der Waals surface area contributed by atoms with E-state index in [0.29, 0.717) is 16.7 Å². The fourth-order valence-electron chi connectivity index (χ4n) is 3.90. The van der Waals surface area contributed by atoms with E-state index in [1.165, 1.54) is 11.1 Å². The van der Waals surface area contributed by atoms with Gasteiger partial charge in [0.25, 0.3) is 5.56 Å². The van der Waals surface area contributed by atoms with E-state index >= 15 is 0 Å². The number of H-pyrrole nitrogens is 1. The van der Waals surface area contributed by atoms with Crippen LogP contribution >= 0.6 is 0 Å². The number of para-hydroxylation sites is 1. The Morgan fingerprint density at radius 2 is 1.22 bits per heavy atom. The van der Waals surface area contributed by atoms with Crippen molar-refractivity contribution in [2.24, 2.45) is 0 Å². The lowest BCUT2D eigenvalue weighted by Crippen LogP contribution is -2.22. The number of fused-ring (bicyclic) bond motifs is 1. The monoisotopic (exact) mass is 417 g/mol. The molecule has 4 aromatic carbocycles. The van der Waals surface area contributed by atoms with Crippen molar-refractivity contribution in [2.45, 2.75) is 13.1 Å². The smallest absolute Gasteiger partial charge is 0.259 e. The Kier molecular flexibility index (Phi) is 5.50. The van der Waals surface area contributed by atoms with Gasteiger partial charge in [-0.05, 0) is 47.5 Å². The molecule has 1 aromatic heterocycles. The molecular weight excluding hydrogens is 394 g/mol. The molecule has 0 saturated heterocycles. The number of rotatable bonds is 6. The summed E-state index contributed by atoms with van der Waals surface area (Å²) in [6, 6.07) is 36.6. The number of nitrogens with one attached hydrogen (secondary N) is 1. The van der Waals surface area contributed by atoms with Crippen LogP contribution in [0.2, 0.25) is 0 Å². The van der Waals surface area contributed by atoms with E-state index in [0.717, 1.165) is 24.3 Å². The van der Waals surface area contributed by atoms with E-state index in [1.807, 2.05) is 42.5 Å². The Morgan fingerprint density at radius 3 is 1.84 bits per heavy atom. The summed E-state index contributed by atoms with van der Waals surface area (Å²) in [4.78, 5) is 22.4. The zero-order valence-electron chi connectivity index (χ0n) is 17.6. The van der Waals surface area contributed by atoms with Gasteiger partial charge >= 0.3 is 0 Å². The molecule has 0 fully saturated rings. The zero-order chi connectivity index (χ0) is 21.8. The maximum atomic E-state index is 12.5. The van der Waals surface area contributed by atoms with E-state index in [-0.39, 0.29) is 5.56 Å². The molecule has 0 aliphatic heterocycles. The highest BCUT2D eigenvalue weighted by atomic mass is 16.1. The van der Waals surface area contributed by atoms with Gasteiger partial charge in [-0.1, -0.05) is 72.8 Å². The van der Waals surface area contributed by atoms with Crippen LogP contribution in [0.25, 0.3) is 22.3 Å². The van der Waals surface area contributed by atoms with Crippen LogP contribution in [0.4, 0.5) is 5.69 Å². The number of hydrogen-bond acceptors (Lipinski definition) is 3. The maximum Gasteiger partial charge on any atom is 0.259 e. The first-order valence-electron chi connectivity index (χ1n) is 10.7. The topological polar surface area (TPSA) is 49.0 Å². The Balaban J connectivity index is 1.47. The van der Waals surface area contributed by atoms with Gasteiger partial charge in [-0.2, -0.15) is 0 Å². The summed E-state index contributed by atoms with van der Waals surface area (Å²) >= 11 is 0. The van der Waals surface area contributed by atoms with Gasteiger partial charge < -0.3 is 9.88 Å². The largest absolute Gasteiger partial charge is 0.363 e. The number of benzene rings is 4. The third kappa shape index (κ3) is 4.30. The van der Waals surface area contributed by atoms with Gasteiger partial charge in [0, 0.05) is 24.3 Å².